The lowest BCUT2D eigenvalue weighted by molar-refractivity contribution is 0.760. The molecule has 0 aromatic carbocycles. The van der Waals surface area contributed by atoms with Crippen molar-refractivity contribution in [2.75, 3.05) is 0 Å². The molecule has 0 aliphatic rings. The number of fused-ring (bicyclic) bond motifs is 1. The summed E-state index contributed by atoms with van der Waals surface area (Å²) in [6.07, 6.45) is 3.53. The summed E-state index contributed by atoms with van der Waals surface area (Å²) in [7, 11) is 0. The maximum Gasteiger partial charge on any atom is 0.226 e. The third-order valence-corrected chi connectivity index (χ3v) is 2.85. The summed E-state index contributed by atoms with van der Waals surface area (Å²) in [5, 5.41) is 12.2. The zero-order valence-corrected chi connectivity index (χ0v) is 10.7. The van der Waals surface area contributed by atoms with Crippen LogP contribution in [0.25, 0.3) is 16.9 Å². The largest absolute Gasteiger partial charge is 0.261 e. The van der Waals surface area contributed by atoms with Crippen molar-refractivity contribution in [2.45, 2.75) is 19.8 Å². The number of aromatic nitrogens is 6. The van der Waals surface area contributed by atoms with Gasteiger partial charge in [0.25, 0.3) is 0 Å². The van der Waals surface area contributed by atoms with Crippen molar-refractivity contribution in [3.05, 3.63) is 29.4 Å². The highest BCUT2D eigenvalue weighted by Gasteiger charge is 2.12. The maximum atomic E-state index is 5.89. The summed E-state index contributed by atoms with van der Waals surface area (Å²) in [4.78, 5) is 8.27. The van der Waals surface area contributed by atoms with Gasteiger partial charge < -0.3 is 0 Å². The number of hydrogen-bond donors (Lipinski definition) is 1. The second-order valence-electron chi connectivity index (χ2n) is 4.29. The van der Waals surface area contributed by atoms with E-state index in [1.807, 2.05) is 12.3 Å². The molecule has 0 fully saturated rings. The van der Waals surface area contributed by atoms with E-state index in [0.717, 1.165) is 11.1 Å². The van der Waals surface area contributed by atoms with Crippen molar-refractivity contribution < 1.29 is 0 Å². The van der Waals surface area contributed by atoms with E-state index in [1.165, 1.54) is 0 Å². The minimum Gasteiger partial charge on any atom is -0.261 e. The van der Waals surface area contributed by atoms with Crippen LogP contribution in [-0.2, 0) is 0 Å². The molecular formula is C11H11ClN6. The Kier molecular flexibility index (Phi) is 2.52. The normalized spacial score (nSPS) is 11.6. The molecule has 3 heterocycles. The Morgan fingerprint density at radius 2 is 2.17 bits per heavy atom. The molecule has 0 bridgehead atoms. The predicted molar refractivity (Wildman–Crippen MR) is 67.9 cm³/mol. The van der Waals surface area contributed by atoms with Gasteiger partial charge in [0.15, 0.2) is 11.5 Å². The first-order valence-electron chi connectivity index (χ1n) is 5.57. The Morgan fingerprint density at radius 3 is 2.89 bits per heavy atom. The summed E-state index contributed by atoms with van der Waals surface area (Å²) in [6.45, 7) is 4.18. The third kappa shape index (κ3) is 1.74. The van der Waals surface area contributed by atoms with E-state index in [2.05, 4.69) is 39.1 Å². The van der Waals surface area contributed by atoms with Gasteiger partial charge in [-0.3, -0.25) is 5.10 Å². The van der Waals surface area contributed by atoms with Crippen LogP contribution in [0.1, 0.15) is 25.5 Å². The van der Waals surface area contributed by atoms with Gasteiger partial charge in [-0.05, 0) is 23.6 Å². The van der Waals surface area contributed by atoms with Gasteiger partial charge in [-0.15, -0.1) is 0 Å². The number of H-pyrrole nitrogens is 1. The molecule has 0 aliphatic heterocycles. The quantitative estimate of drug-likeness (QED) is 0.720. The summed E-state index contributed by atoms with van der Waals surface area (Å²) in [5.41, 5.74) is 1.60. The number of halogens is 1. The zero-order valence-electron chi connectivity index (χ0n) is 9.92. The van der Waals surface area contributed by atoms with Gasteiger partial charge in [-0.2, -0.15) is 20.2 Å². The molecule has 0 atom stereocenters. The highest BCUT2D eigenvalue weighted by Crippen LogP contribution is 2.20. The molecule has 0 radical (unpaired) electrons. The maximum absolute atomic E-state index is 5.89. The first kappa shape index (κ1) is 11.2. The number of aromatic amines is 1. The molecule has 0 spiro atoms. The van der Waals surface area contributed by atoms with Crippen LogP contribution >= 0.6 is 11.6 Å². The molecule has 3 rings (SSSR count). The minimum absolute atomic E-state index is 0.170. The fourth-order valence-corrected chi connectivity index (χ4v) is 1.90. The zero-order chi connectivity index (χ0) is 12.7. The van der Waals surface area contributed by atoms with E-state index < -0.39 is 0 Å². The Morgan fingerprint density at radius 1 is 1.33 bits per heavy atom. The lowest BCUT2D eigenvalue weighted by Crippen LogP contribution is -2.02. The number of hydrogen-bond acceptors (Lipinski definition) is 4. The van der Waals surface area contributed by atoms with Crippen LogP contribution in [0.2, 0.25) is 5.28 Å². The van der Waals surface area contributed by atoms with Gasteiger partial charge in [0.2, 0.25) is 5.28 Å². The molecule has 0 saturated carbocycles. The molecule has 0 unspecified atom stereocenters. The van der Waals surface area contributed by atoms with Crippen LogP contribution < -0.4 is 0 Å². The molecule has 0 amide bonds. The van der Waals surface area contributed by atoms with Crippen molar-refractivity contribution in [3.63, 3.8) is 0 Å². The number of nitrogens with one attached hydrogen (secondary N) is 1. The molecule has 7 heteroatoms. The molecule has 0 saturated heterocycles. The minimum atomic E-state index is 0.170. The van der Waals surface area contributed by atoms with E-state index in [1.54, 1.807) is 10.9 Å². The smallest absolute Gasteiger partial charge is 0.226 e. The number of rotatable bonds is 2. The lowest BCUT2D eigenvalue weighted by atomic mass is 10.1. The van der Waals surface area contributed by atoms with Gasteiger partial charge >= 0.3 is 0 Å². The molecule has 92 valence electrons. The van der Waals surface area contributed by atoms with Crippen LogP contribution in [0, 0.1) is 0 Å². The van der Waals surface area contributed by atoms with Crippen molar-refractivity contribution in [2.24, 2.45) is 0 Å². The van der Waals surface area contributed by atoms with E-state index in [9.17, 15) is 0 Å². The lowest BCUT2D eigenvalue weighted by Gasteiger charge is -2.03. The third-order valence-electron chi connectivity index (χ3n) is 2.68. The molecule has 3 aromatic heterocycles. The van der Waals surface area contributed by atoms with Crippen LogP contribution in [0.5, 0.6) is 0 Å². The van der Waals surface area contributed by atoms with E-state index >= 15 is 0 Å². The first-order chi connectivity index (χ1) is 8.65. The van der Waals surface area contributed by atoms with E-state index in [-0.39, 0.29) is 5.28 Å². The van der Waals surface area contributed by atoms with Gasteiger partial charge in [0.1, 0.15) is 0 Å². The van der Waals surface area contributed by atoms with Crippen LogP contribution in [-0.4, -0.2) is 29.9 Å². The molecule has 0 aliphatic carbocycles. The average Bonchev–Trinajstić information content (AvgIpc) is 2.95. The topological polar surface area (TPSA) is 72.3 Å². The predicted octanol–water partition coefficient (Wildman–Crippen LogP) is 2.32. The summed E-state index contributed by atoms with van der Waals surface area (Å²) in [6, 6.07) is 1.96. The van der Waals surface area contributed by atoms with Crippen molar-refractivity contribution in [1.29, 1.82) is 0 Å². The monoisotopic (exact) mass is 262 g/mol. The summed E-state index contributed by atoms with van der Waals surface area (Å²) >= 11 is 5.89. The van der Waals surface area contributed by atoms with E-state index in [4.69, 9.17) is 11.6 Å². The average molecular weight is 263 g/mol. The second kappa shape index (κ2) is 4.06. The highest BCUT2D eigenvalue weighted by atomic mass is 35.5. The molecule has 1 N–H and O–H groups in total. The summed E-state index contributed by atoms with van der Waals surface area (Å²) < 4.78 is 1.70. The molecular weight excluding hydrogens is 252 g/mol. The van der Waals surface area contributed by atoms with Crippen molar-refractivity contribution >= 4 is 22.6 Å². The highest BCUT2D eigenvalue weighted by molar-refractivity contribution is 6.28. The Balaban J connectivity index is 2.20. The fourth-order valence-electron chi connectivity index (χ4n) is 1.73. The Hall–Kier alpha value is -1.95. The Labute approximate surface area is 108 Å². The van der Waals surface area contributed by atoms with Gasteiger partial charge in [-0.25, -0.2) is 4.68 Å². The number of nitrogens with zero attached hydrogens (tertiary/aromatic N) is 5. The van der Waals surface area contributed by atoms with E-state index in [0.29, 0.717) is 17.4 Å². The van der Waals surface area contributed by atoms with Gasteiger partial charge in [0.05, 0.1) is 17.3 Å². The van der Waals surface area contributed by atoms with Gasteiger partial charge in [0, 0.05) is 6.20 Å². The SMILES string of the molecule is CC(C)c1ccn(-c2nc(Cl)nc3[nH]ncc23)n1. The molecule has 3 aromatic rings. The van der Waals surface area contributed by atoms with Crippen molar-refractivity contribution in [1.82, 2.24) is 29.9 Å². The molecule has 18 heavy (non-hydrogen) atoms. The van der Waals surface area contributed by atoms with Gasteiger partial charge in [-0.1, -0.05) is 13.8 Å². The summed E-state index contributed by atoms with van der Waals surface area (Å²) in [5.74, 6) is 0.994. The van der Waals surface area contributed by atoms with Crippen molar-refractivity contribution in [3.8, 4) is 5.82 Å². The standard InChI is InChI=1S/C11H11ClN6/c1-6(2)8-3-4-18(17-8)10-7-5-13-16-9(7)14-11(12)15-10/h3-6H,1-2H3,(H,13,14,15,16). The molecule has 6 nitrogen and oxygen atoms in total. The first-order valence-corrected chi connectivity index (χ1v) is 5.95. The van der Waals surface area contributed by atoms with Crippen LogP contribution in [0.3, 0.4) is 0 Å². The Bertz CT molecular complexity index is 698. The fraction of sp³-hybridized carbons (Fsp3) is 0.273. The van der Waals surface area contributed by atoms with Crippen LogP contribution in [0.4, 0.5) is 0 Å². The second-order valence-corrected chi connectivity index (χ2v) is 4.63. The van der Waals surface area contributed by atoms with Crippen LogP contribution in [0.15, 0.2) is 18.5 Å².